The molecule has 2 aliphatic heterocycles. The van der Waals surface area contributed by atoms with Crippen molar-refractivity contribution in [3.63, 3.8) is 0 Å². The number of nitrogens with one attached hydrogen (secondary N) is 1. The van der Waals surface area contributed by atoms with Crippen LogP contribution in [-0.4, -0.2) is 110 Å². The lowest BCUT2D eigenvalue weighted by atomic mass is 9.93. The summed E-state index contributed by atoms with van der Waals surface area (Å²) in [4.78, 5) is 58.2. The number of aromatic nitrogens is 4. The highest BCUT2D eigenvalue weighted by Gasteiger charge is 2.39. The second-order valence-electron chi connectivity index (χ2n) is 13.7. The average Bonchev–Trinajstić information content (AvgIpc) is 3.72. The van der Waals surface area contributed by atoms with Crippen molar-refractivity contribution in [1.29, 1.82) is 0 Å². The Kier molecular flexibility index (Phi) is 10.4. The van der Waals surface area contributed by atoms with E-state index in [2.05, 4.69) is 15.4 Å². The standard InChI is InChI=1S/C35H36ClF4N9O5/c1-45-28(24-18-48(44-30(24)35(38,39)40)27-6-3-21(41)15-26(27)37)17-42-31(45)32(52)43-22-4-5-23(25(36)16-22)34(54)47-11-9-46(10-12-47)33(53)20-7-13-49(2,14-8-20)19-29(50)51/h3-6,15-18,20H,7-14,19,41H2,1-2H3,(H-,43,50,51,52,54). The number of imidazole rings is 1. The fourth-order valence-corrected chi connectivity index (χ4v) is 7.15. The van der Waals surface area contributed by atoms with Gasteiger partial charge >= 0.3 is 6.18 Å². The number of halogens is 5. The van der Waals surface area contributed by atoms with E-state index in [-0.39, 0.29) is 76.5 Å². The Balaban J connectivity index is 1.09. The normalized spacial score (nSPS) is 19.1. The minimum Gasteiger partial charge on any atom is -0.544 e. The minimum absolute atomic E-state index is 0.0100. The number of carboxylic acids is 1. The number of quaternary nitrogens is 1. The quantitative estimate of drug-likeness (QED) is 0.156. The number of piperazine rings is 1. The van der Waals surface area contributed by atoms with Gasteiger partial charge in [-0.15, -0.1) is 0 Å². The van der Waals surface area contributed by atoms with Crippen LogP contribution in [0.4, 0.5) is 28.9 Å². The zero-order valence-electron chi connectivity index (χ0n) is 29.2. The van der Waals surface area contributed by atoms with Crippen LogP contribution in [0.15, 0.2) is 48.8 Å². The van der Waals surface area contributed by atoms with Crippen LogP contribution in [0.2, 0.25) is 5.02 Å². The molecule has 2 saturated heterocycles. The Hall–Kier alpha value is -5.49. The first kappa shape index (κ1) is 38.2. The van der Waals surface area contributed by atoms with Crippen molar-refractivity contribution in [1.82, 2.24) is 29.1 Å². The molecule has 3 N–H and O–H groups in total. The molecule has 14 nitrogen and oxygen atoms in total. The van der Waals surface area contributed by atoms with Gasteiger partial charge in [-0.3, -0.25) is 14.4 Å². The van der Waals surface area contributed by atoms with Gasteiger partial charge < -0.3 is 39.8 Å². The summed E-state index contributed by atoms with van der Waals surface area (Å²) in [6, 6.07) is 7.71. The van der Waals surface area contributed by atoms with Crippen LogP contribution in [0.3, 0.4) is 0 Å². The molecule has 0 spiro atoms. The van der Waals surface area contributed by atoms with Crippen LogP contribution in [-0.2, 0) is 22.8 Å². The third-order valence-corrected chi connectivity index (χ3v) is 10.2. The number of amides is 3. The number of likely N-dealkylation sites (N-methyl/N-ethyl adjacent to an activating group) is 1. The molecule has 0 bridgehead atoms. The van der Waals surface area contributed by atoms with Crippen LogP contribution in [0.25, 0.3) is 16.9 Å². The van der Waals surface area contributed by atoms with E-state index in [9.17, 15) is 41.8 Å². The summed E-state index contributed by atoms with van der Waals surface area (Å²) in [6.45, 7) is 2.23. The monoisotopic (exact) mass is 773 g/mol. The fourth-order valence-electron chi connectivity index (χ4n) is 6.89. The lowest BCUT2D eigenvalue weighted by Gasteiger charge is -2.42. The molecular weight excluding hydrogens is 738 g/mol. The van der Waals surface area contributed by atoms with Crippen LogP contribution < -0.4 is 16.2 Å². The number of nitrogens with two attached hydrogens (primary N) is 1. The molecule has 0 saturated carbocycles. The highest BCUT2D eigenvalue weighted by atomic mass is 35.5. The van der Waals surface area contributed by atoms with Crippen LogP contribution in [0.1, 0.15) is 39.5 Å². The van der Waals surface area contributed by atoms with E-state index in [4.69, 9.17) is 17.3 Å². The second-order valence-corrected chi connectivity index (χ2v) is 14.1. The summed E-state index contributed by atoms with van der Waals surface area (Å²) in [5, 5.41) is 17.3. The average molecular weight is 774 g/mol. The number of likely N-dealkylation sites (tertiary alicyclic amines) is 1. The first-order valence-electron chi connectivity index (χ1n) is 16.9. The minimum atomic E-state index is -4.93. The van der Waals surface area contributed by atoms with Gasteiger partial charge in [0.05, 0.1) is 54.1 Å². The molecule has 0 unspecified atom stereocenters. The van der Waals surface area contributed by atoms with Gasteiger partial charge in [0.25, 0.3) is 11.8 Å². The smallest absolute Gasteiger partial charge is 0.435 e. The van der Waals surface area contributed by atoms with Crippen molar-refractivity contribution >= 4 is 46.7 Å². The first-order valence-corrected chi connectivity index (χ1v) is 17.3. The van der Waals surface area contributed by atoms with Gasteiger partial charge in [-0.25, -0.2) is 14.1 Å². The van der Waals surface area contributed by atoms with Crippen molar-refractivity contribution in [3.05, 3.63) is 76.7 Å². The van der Waals surface area contributed by atoms with Gasteiger partial charge in [0.2, 0.25) is 5.91 Å². The van der Waals surface area contributed by atoms with Gasteiger partial charge in [-0.05, 0) is 36.4 Å². The highest BCUT2D eigenvalue weighted by molar-refractivity contribution is 6.34. The Morgan fingerprint density at radius 1 is 1.04 bits per heavy atom. The number of benzene rings is 2. The zero-order valence-corrected chi connectivity index (χ0v) is 30.0. The number of carbonyl (C=O) groups is 4. The molecule has 286 valence electrons. The van der Waals surface area contributed by atoms with Gasteiger partial charge in [-0.1, -0.05) is 11.6 Å². The Morgan fingerprint density at radius 3 is 2.31 bits per heavy atom. The predicted octanol–water partition coefficient (Wildman–Crippen LogP) is 2.81. The van der Waals surface area contributed by atoms with E-state index in [1.165, 1.54) is 37.4 Å². The van der Waals surface area contributed by atoms with E-state index >= 15 is 0 Å². The number of anilines is 2. The van der Waals surface area contributed by atoms with E-state index in [0.29, 0.717) is 43.5 Å². The molecule has 0 radical (unpaired) electrons. The molecule has 54 heavy (non-hydrogen) atoms. The van der Waals surface area contributed by atoms with Gasteiger partial charge in [0, 0.05) is 69.6 Å². The number of hydrogen-bond acceptors (Lipinski definition) is 8. The van der Waals surface area contributed by atoms with Crippen molar-refractivity contribution in [2.45, 2.75) is 19.0 Å². The molecule has 2 aromatic heterocycles. The first-order chi connectivity index (χ1) is 25.4. The molecular formula is C35H36ClF4N9O5. The largest absolute Gasteiger partial charge is 0.544 e. The number of carboxylic acid groups (broad SMARTS) is 1. The molecule has 4 heterocycles. The summed E-state index contributed by atoms with van der Waals surface area (Å²) < 4.78 is 58.9. The Morgan fingerprint density at radius 2 is 1.70 bits per heavy atom. The highest BCUT2D eigenvalue weighted by Crippen LogP contribution is 2.37. The van der Waals surface area contributed by atoms with Crippen molar-refractivity contribution < 1.29 is 46.3 Å². The number of piperidine rings is 1. The molecule has 2 fully saturated rings. The van der Waals surface area contributed by atoms with Crippen molar-refractivity contribution in [2.75, 3.05) is 63.9 Å². The van der Waals surface area contributed by atoms with Crippen LogP contribution >= 0.6 is 11.6 Å². The lowest BCUT2D eigenvalue weighted by Crippen LogP contribution is -2.57. The predicted molar refractivity (Wildman–Crippen MR) is 186 cm³/mol. The fraction of sp³-hybridized carbons (Fsp3) is 0.371. The molecule has 2 aliphatic rings. The van der Waals surface area contributed by atoms with Crippen LogP contribution in [0, 0.1) is 11.7 Å². The summed E-state index contributed by atoms with van der Waals surface area (Å²) in [6.07, 6.45) is -1.74. The third-order valence-electron chi connectivity index (χ3n) is 9.90. The number of alkyl halides is 3. The number of nitrogens with zero attached hydrogens (tertiary/aromatic N) is 7. The molecule has 4 aromatic rings. The van der Waals surface area contributed by atoms with Crippen molar-refractivity contribution in [3.8, 4) is 16.9 Å². The molecule has 19 heteroatoms. The van der Waals surface area contributed by atoms with E-state index in [1.54, 1.807) is 9.80 Å². The lowest BCUT2D eigenvalue weighted by molar-refractivity contribution is -0.909. The molecule has 3 amide bonds. The third kappa shape index (κ3) is 7.89. The van der Waals surface area contributed by atoms with Crippen molar-refractivity contribution in [2.24, 2.45) is 13.0 Å². The number of hydrogen-bond donors (Lipinski definition) is 2. The molecule has 2 aromatic carbocycles. The van der Waals surface area contributed by atoms with Gasteiger partial charge in [0.1, 0.15) is 12.2 Å². The number of nitrogen functional groups attached to an aromatic ring is 1. The molecule has 6 rings (SSSR count). The molecule has 0 atom stereocenters. The Labute approximate surface area is 311 Å². The maximum Gasteiger partial charge on any atom is 0.435 e. The summed E-state index contributed by atoms with van der Waals surface area (Å²) >= 11 is 6.48. The summed E-state index contributed by atoms with van der Waals surface area (Å²) in [5.41, 5.74) is 3.84. The SMILES string of the molecule is Cn1c(-c2cn(-c3ccc(N)cc3F)nc2C(F)(F)F)cnc1C(=O)Nc1ccc(C(=O)N2CCN(C(=O)C3CC[N+](C)(CC(=O)[O-])CC3)CC2)c(Cl)c1. The van der Waals surface area contributed by atoms with E-state index < -0.39 is 35.1 Å². The summed E-state index contributed by atoms with van der Waals surface area (Å²) in [5.74, 6) is -3.64. The number of aliphatic carboxylic acids is 1. The molecule has 0 aliphatic carbocycles. The maximum atomic E-state index is 14.6. The Bertz CT molecular complexity index is 2120. The number of carbonyl (C=O) groups excluding carboxylic acids is 4. The van der Waals surface area contributed by atoms with Gasteiger partial charge in [0.15, 0.2) is 17.3 Å². The summed E-state index contributed by atoms with van der Waals surface area (Å²) in [7, 11) is 3.18. The second kappa shape index (κ2) is 14.7. The van der Waals surface area contributed by atoms with E-state index in [1.807, 2.05) is 7.05 Å². The van der Waals surface area contributed by atoms with E-state index in [0.717, 1.165) is 27.7 Å². The topological polar surface area (TPSA) is 172 Å². The maximum absolute atomic E-state index is 14.6. The van der Waals surface area contributed by atoms with Gasteiger partial charge in [-0.2, -0.15) is 18.3 Å². The number of rotatable bonds is 8. The zero-order chi connectivity index (χ0) is 39.1. The van der Waals surface area contributed by atoms with Crippen LogP contribution in [0.5, 0.6) is 0 Å².